The lowest BCUT2D eigenvalue weighted by molar-refractivity contribution is 0.338. The molecule has 0 atom stereocenters. The highest BCUT2D eigenvalue weighted by atomic mass is 28.3. The molecule has 2 heteroatoms. The van der Waals surface area contributed by atoms with Gasteiger partial charge in [-0.25, -0.2) is 0 Å². The largest absolute Gasteiger partial charge is 0.0697 e. The zero-order chi connectivity index (χ0) is 64.4. The van der Waals surface area contributed by atoms with Gasteiger partial charge in [-0.15, -0.1) is 0 Å². The van der Waals surface area contributed by atoms with Gasteiger partial charge in [0, 0.05) is 16.1 Å². The van der Waals surface area contributed by atoms with Gasteiger partial charge in [-0.1, -0.05) is 426 Å². The van der Waals surface area contributed by atoms with Crippen LogP contribution in [0.4, 0.5) is 0 Å². The van der Waals surface area contributed by atoms with Crippen LogP contribution in [0.25, 0.3) is 0 Å². The average molecular weight is 1100 g/mol. The summed E-state index contributed by atoms with van der Waals surface area (Å²) in [6.07, 6.45) is 15.6. The Morgan fingerprint density at radius 3 is 0.432 bits per heavy atom. The summed E-state index contributed by atoms with van der Waals surface area (Å²) in [6.45, 7) is 107. The molecular weight excluding hydrogens is 921 g/mol. The van der Waals surface area contributed by atoms with Crippen molar-refractivity contribution in [3.8, 4) is 0 Å². The fraction of sp³-hybridized carbons (Fsp3) is 1.00. The van der Waals surface area contributed by atoms with E-state index in [0.29, 0.717) is 27.1 Å². The van der Waals surface area contributed by atoms with Crippen LogP contribution in [0, 0.1) is 50.7 Å². The molecule has 0 aromatic heterocycles. The Morgan fingerprint density at radius 2 is 0.432 bits per heavy atom. The molecule has 0 fully saturated rings. The molecule has 0 aliphatic carbocycles. The van der Waals surface area contributed by atoms with Crippen molar-refractivity contribution in [3.63, 3.8) is 0 Å². The van der Waals surface area contributed by atoms with Crippen LogP contribution in [0.1, 0.15) is 375 Å². The third-order valence-corrected chi connectivity index (χ3v) is 16.3. The SMILES string of the molecule is CC.CC.CC(C)(C)C.CC(C)C.CCC.CCC(C)(C)C.CCC(C)(C)C.CCC(C)(C)C.CCC(C)(C)CC.CCC(C)C.CCC(C)C.CCC(C)CC.CCCC.CC[Si](C)(CC)CC.C[Si](C)(C)C. The van der Waals surface area contributed by atoms with E-state index >= 15 is 0 Å². The third-order valence-electron chi connectivity index (χ3n) is 11.2. The molecule has 0 aliphatic rings. The highest BCUT2D eigenvalue weighted by Crippen LogP contribution is 2.23. The van der Waals surface area contributed by atoms with Gasteiger partial charge in [-0.3, -0.25) is 0 Å². The van der Waals surface area contributed by atoms with Crippen LogP contribution in [0.2, 0.25) is 50.9 Å². The van der Waals surface area contributed by atoms with Gasteiger partial charge >= 0.3 is 0 Å². The van der Waals surface area contributed by atoms with Crippen molar-refractivity contribution in [2.75, 3.05) is 0 Å². The van der Waals surface area contributed by atoms with E-state index in [1.165, 1.54) is 95.2 Å². The predicted octanol–water partition coefficient (Wildman–Crippen LogP) is 30.8. The van der Waals surface area contributed by atoms with Crippen molar-refractivity contribution >= 4 is 16.1 Å². The minimum atomic E-state index is -0.671. The van der Waals surface area contributed by atoms with E-state index in [2.05, 4.69) is 303 Å². The summed E-state index contributed by atoms with van der Waals surface area (Å²) >= 11 is 0. The van der Waals surface area contributed by atoms with Crippen LogP contribution < -0.4 is 0 Å². The number of unbranched alkanes of at least 4 members (excludes halogenated alkanes) is 1. The fourth-order valence-electron chi connectivity index (χ4n) is 1.29. The lowest BCUT2D eigenvalue weighted by Gasteiger charge is -2.20. The fourth-order valence-corrected chi connectivity index (χ4v) is 2.79. The molecule has 0 saturated carbocycles. The maximum atomic E-state index is 2.49. The number of rotatable bonds is 10. The first-order chi connectivity index (χ1) is 32.9. The molecule has 0 aromatic rings. The monoisotopic (exact) mass is 1100 g/mol. The quantitative estimate of drug-likeness (QED) is 0.191. The molecule has 0 radical (unpaired) electrons. The van der Waals surface area contributed by atoms with E-state index in [4.69, 9.17) is 0 Å². The zero-order valence-electron chi connectivity index (χ0n) is 64.4. The highest BCUT2D eigenvalue weighted by Gasteiger charge is 2.18. The van der Waals surface area contributed by atoms with E-state index in [1.807, 2.05) is 27.7 Å². The Kier molecular flexibility index (Phi) is 123. The van der Waals surface area contributed by atoms with Gasteiger partial charge in [0.05, 0.1) is 0 Å². The van der Waals surface area contributed by atoms with E-state index in [0.717, 1.165) is 23.7 Å². The van der Waals surface area contributed by atoms with Gasteiger partial charge in [0.25, 0.3) is 0 Å². The van der Waals surface area contributed by atoms with E-state index in [1.54, 1.807) is 0 Å². The van der Waals surface area contributed by atoms with Gasteiger partial charge in [0.15, 0.2) is 0 Å². The van der Waals surface area contributed by atoms with Gasteiger partial charge in [0.1, 0.15) is 0 Å². The van der Waals surface area contributed by atoms with Crippen molar-refractivity contribution < 1.29 is 0 Å². The first-order valence-electron chi connectivity index (χ1n) is 32.9. The van der Waals surface area contributed by atoms with Crippen LogP contribution >= 0.6 is 0 Å². The second-order valence-electron chi connectivity index (χ2n) is 29.5. The third kappa shape index (κ3) is 331. The molecule has 0 bridgehead atoms. The smallest absolute Gasteiger partial charge is 0.0496 e. The van der Waals surface area contributed by atoms with Gasteiger partial charge in [0.2, 0.25) is 0 Å². The molecule has 0 nitrogen and oxygen atoms in total. The summed E-state index contributed by atoms with van der Waals surface area (Å²) in [5.41, 5.74) is 2.71. The van der Waals surface area contributed by atoms with Gasteiger partial charge < -0.3 is 0 Å². The second kappa shape index (κ2) is 79.9. The van der Waals surface area contributed by atoms with E-state index in [-0.39, 0.29) is 0 Å². The van der Waals surface area contributed by atoms with Crippen LogP contribution in [0.3, 0.4) is 0 Å². The molecule has 0 amide bonds. The molecule has 0 spiro atoms. The molecular formula is C72H178Si2. The van der Waals surface area contributed by atoms with E-state index < -0.39 is 16.1 Å². The average Bonchev–Trinajstić information content (AvgIpc) is 3.29. The molecule has 0 heterocycles. The zero-order valence-corrected chi connectivity index (χ0v) is 66.4. The normalized spacial score (nSPS) is 10.4. The molecule has 0 N–H and O–H groups in total. The molecule has 0 aromatic carbocycles. The van der Waals surface area contributed by atoms with Crippen molar-refractivity contribution in [1.29, 1.82) is 0 Å². The van der Waals surface area contributed by atoms with Gasteiger partial charge in [-0.2, -0.15) is 0 Å². The van der Waals surface area contributed by atoms with Crippen LogP contribution in [-0.2, 0) is 0 Å². The van der Waals surface area contributed by atoms with Crippen molar-refractivity contribution in [2.24, 2.45) is 50.7 Å². The Morgan fingerprint density at radius 1 is 0.311 bits per heavy atom. The van der Waals surface area contributed by atoms with Crippen LogP contribution in [0.5, 0.6) is 0 Å². The minimum Gasteiger partial charge on any atom is -0.0697 e. The van der Waals surface area contributed by atoms with E-state index in [9.17, 15) is 0 Å². The number of hydrogen-bond acceptors (Lipinski definition) is 0. The standard InChI is InChI=1S/C7H18Si.C7H16.4C6H14.3C5H12.C4H12Si.2C4H10.C3H8.2C2H6/c1-5-8(4,6-2)7-3;1-5-7(3,4)6-2;3*1-5-6(2,3)4;1-4-6(3)5-2;1-5(2,3)4;2*1-4-5(2)3;1-5(2,3)4;1-4(2)3;1-3-4-2;1-3-2;2*1-2/h5-7H2,1-4H3;5-6H2,1-4H3;3*5H2,1-4H3;6H,4-5H2,1-3H3;1-4H3;2*5H,4H2,1-3H3;1-4H3;4H,1-3H3;3-4H2,1-2H3;3H2,1-2H3;2*1-2H3. The predicted molar refractivity (Wildman–Crippen MR) is 381 cm³/mol. The maximum absolute atomic E-state index is 2.49. The molecule has 74 heavy (non-hydrogen) atoms. The molecule has 0 rings (SSSR count). The molecule has 0 saturated heterocycles. The molecule has 474 valence electrons. The van der Waals surface area contributed by atoms with Crippen LogP contribution in [-0.4, -0.2) is 16.1 Å². The highest BCUT2D eigenvalue weighted by molar-refractivity contribution is 6.78. The maximum Gasteiger partial charge on any atom is 0.0496 e. The topological polar surface area (TPSA) is 0 Å². The van der Waals surface area contributed by atoms with Crippen molar-refractivity contribution in [3.05, 3.63) is 0 Å². The molecule has 0 unspecified atom stereocenters. The Balaban J connectivity index is -0.0000000392. The van der Waals surface area contributed by atoms with Crippen molar-refractivity contribution in [1.82, 2.24) is 0 Å². The summed E-state index contributed by atoms with van der Waals surface area (Å²) in [7, 11) is -1.28. The lowest BCUT2D eigenvalue weighted by Crippen LogP contribution is -2.25. The van der Waals surface area contributed by atoms with Gasteiger partial charge in [-0.05, 0) is 50.7 Å². The summed E-state index contributed by atoms with van der Waals surface area (Å²) in [6, 6.07) is 4.38. The number of hydrogen-bond donors (Lipinski definition) is 0. The minimum absolute atomic E-state index is 0.500. The summed E-state index contributed by atoms with van der Waals surface area (Å²) in [5, 5.41) is 0. The van der Waals surface area contributed by atoms with Crippen LogP contribution in [0.15, 0.2) is 0 Å². The van der Waals surface area contributed by atoms with Crippen molar-refractivity contribution in [2.45, 2.75) is 426 Å². The Hall–Kier alpha value is 0.434. The second-order valence-corrected chi connectivity index (χ2v) is 41.2. The lowest BCUT2D eigenvalue weighted by atomic mass is 9.88. The first kappa shape index (κ1) is 114. The Bertz CT molecular complexity index is 704. The summed E-state index contributed by atoms with van der Waals surface area (Å²) in [5.74, 6) is 3.54. The summed E-state index contributed by atoms with van der Waals surface area (Å²) < 4.78 is 0. The molecule has 0 aliphatic heterocycles. The Labute approximate surface area is 489 Å². The first-order valence-corrected chi connectivity index (χ1v) is 40.0. The summed E-state index contributed by atoms with van der Waals surface area (Å²) in [4.78, 5) is 0.